The van der Waals surface area contributed by atoms with E-state index in [0.29, 0.717) is 5.56 Å². The van der Waals surface area contributed by atoms with Gasteiger partial charge in [0.25, 0.3) is 0 Å². The van der Waals surface area contributed by atoms with Crippen LogP contribution < -0.4 is 4.74 Å². The van der Waals surface area contributed by atoms with Gasteiger partial charge in [-0.1, -0.05) is 12.1 Å². The maximum absolute atomic E-state index is 12.9. The molecule has 6 unspecified atom stereocenters. The van der Waals surface area contributed by atoms with Crippen LogP contribution >= 0.6 is 0 Å². The third-order valence-corrected chi connectivity index (χ3v) is 5.90. The fraction of sp³-hybridized carbons (Fsp3) is 0.391. The topological polar surface area (TPSA) is 183 Å². The van der Waals surface area contributed by atoms with Crippen molar-refractivity contribution in [3.05, 3.63) is 47.0 Å². The van der Waals surface area contributed by atoms with Crippen molar-refractivity contribution in [2.45, 2.75) is 50.0 Å². The van der Waals surface area contributed by atoms with Gasteiger partial charge >= 0.3 is 5.97 Å². The summed E-state index contributed by atoms with van der Waals surface area (Å²) in [7, 11) is 0. The molecule has 0 bridgehead atoms. The van der Waals surface area contributed by atoms with Crippen LogP contribution in [-0.4, -0.2) is 73.4 Å². The number of ketones is 1. The molecule has 0 spiro atoms. The van der Waals surface area contributed by atoms with E-state index in [9.17, 15) is 40.2 Å². The molecule has 1 saturated heterocycles. The van der Waals surface area contributed by atoms with Crippen molar-refractivity contribution < 1.29 is 54.4 Å². The van der Waals surface area contributed by atoms with Gasteiger partial charge in [0, 0.05) is 13.0 Å². The summed E-state index contributed by atoms with van der Waals surface area (Å²) in [6, 6.07) is 6.80. The second kappa shape index (κ2) is 9.11. The number of aromatic hydroxyl groups is 3. The van der Waals surface area contributed by atoms with Crippen LogP contribution in [-0.2, 0) is 14.3 Å². The summed E-state index contributed by atoms with van der Waals surface area (Å²) in [6.45, 7) is 0.691. The summed E-state index contributed by atoms with van der Waals surface area (Å²) in [5, 5.41) is 61.8. The number of carbonyl (C=O) groups excluding carboxylic acids is 2. The Morgan fingerprint density at radius 1 is 1.03 bits per heavy atom. The van der Waals surface area contributed by atoms with Crippen LogP contribution in [0, 0.1) is 0 Å². The first-order valence-electron chi connectivity index (χ1n) is 10.5. The Balaban J connectivity index is 1.76. The highest BCUT2D eigenvalue weighted by molar-refractivity contribution is 6.03. The lowest BCUT2D eigenvalue weighted by atomic mass is 9.87. The van der Waals surface area contributed by atoms with E-state index in [1.807, 2.05) is 0 Å². The maximum Gasteiger partial charge on any atom is 0.302 e. The number of benzene rings is 2. The third kappa shape index (κ3) is 4.26. The molecule has 4 rings (SSSR count). The smallest absolute Gasteiger partial charge is 0.302 e. The average Bonchev–Trinajstić information content (AvgIpc) is 2.78. The highest BCUT2D eigenvalue weighted by Crippen LogP contribution is 2.50. The predicted octanol–water partition coefficient (Wildman–Crippen LogP) is 0.596. The van der Waals surface area contributed by atoms with Gasteiger partial charge in [0.05, 0.1) is 12.0 Å². The van der Waals surface area contributed by atoms with Crippen LogP contribution in [0.25, 0.3) is 0 Å². The first-order chi connectivity index (χ1) is 16.1. The van der Waals surface area contributed by atoms with Crippen LogP contribution in [0.1, 0.15) is 47.0 Å². The average molecular weight is 476 g/mol. The molecule has 2 aromatic carbocycles. The second-order valence-corrected chi connectivity index (χ2v) is 8.23. The number of phenolic OH excluding ortho intramolecular Hbond substituents is 3. The lowest BCUT2D eigenvalue weighted by Crippen LogP contribution is -2.55. The molecule has 2 aromatic rings. The fourth-order valence-corrected chi connectivity index (χ4v) is 4.17. The van der Waals surface area contributed by atoms with E-state index in [1.54, 1.807) is 12.1 Å². The molecule has 11 nitrogen and oxygen atoms in total. The van der Waals surface area contributed by atoms with Gasteiger partial charge in [0.15, 0.2) is 5.78 Å². The van der Waals surface area contributed by atoms with E-state index < -0.39 is 66.5 Å². The molecule has 182 valence electrons. The van der Waals surface area contributed by atoms with Gasteiger partial charge in [0.2, 0.25) is 0 Å². The summed E-state index contributed by atoms with van der Waals surface area (Å²) in [5.74, 6) is -2.57. The zero-order valence-electron chi connectivity index (χ0n) is 18.0. The Kier molecular flexibility index (Phi) is 6.36. The number of hydrogen-bond donors (Lipinski definition) is 6. The normalized spacial score (nSPS) is 28.6. The Morgan fingerprint density at radius 2 is 1.71 bits per heavy atom. The third-order valence-electron chi connectivity index (χ3n) is 5.90. The van der Waals surface area contributed by atoms with Crippen LogP contribution in [0.3, 0.4) is 0 Å². The summed E-state index contributed by atoms with van der Waals surface area (Å²) < 4.78 is 16.5. The van der Waals surface area contributed by atoms with E-state index in [1.165, 1.54) is 12.1 Å². The second-order valence-electron chi connectivity index (χ2n) is 8.23. The molecule has 0 saturated carbocycles. The number of fused-ring (bicyclic) bond motifs is 1. The van der Waals surface area contributed by atoms with Crippen molar-refractivity contribution in [1.82, 2.24) is 0 Å². The minimum atomic E-state index is -1.77. The van der Waals surface area contributed by atoms with Crippen LogP contribution in [0.2, 0.25) is 0 Å². The van der Waals surface area contributed by atoms with Gasteiger partial charge in [-0.15, -0.1) is 0 Å². The molecule has 6 N–H and O–H groups in total. The van der Waals surface area contributed by atoms with Gasteiger partial charge in [-0.25, -0.2) is 0 Å². The lowest BCUT2D eigenvalue weighted by molar-refractivity contribution is -0.234. The highest BCUT2D eigenvalue weighted by atomic mass is 16.6. The number of aliphatic hydroxyl groups excluding tert-OH is 3. The van der Waals surface area contributed by atoms with Crippen molar-refractivity contribution >= 4 is 11.8 Å². The molecule has 34 heavy (non-hydrogen) atoms. The Morgan fingerprint density at radius 3 is 2.35 bits per heavy atom. The molecule has 1 fully saturated rings. The van der Waals surface area contributed by atoms with Crippen LogP contribution in [0.4, 0.5) is 0 Å². The number of phenols is 3. The number of carbonyl (C=O) groups is 2. The molecule has 6 atom stereocenters. The molecule has 2 aliphatic heterocycles. The van der Waals surface area contributed by atoms with E-state index in [0.717, 1.165) is 13.0 Å². The number of rotatable bonds is 4. The lowest BCUT2D eigenvalue weighted by Gasteiger charge is -2.41. The van der Waals surface area contributed by atoms with Crippen LogP contribution in [0.5, 0.6) is 23.0 Å². The zero-order valence-corrected chi connectivity index (χ0v) is 18.0. The first-order valence-corrected chi connectivity index (χ1v) is 10.5. The van der Waals surface area contributed by atoms with Crippen molar-refractivity contribution in [3.8, 4) is 23.0 Å². The van der Waals surface area contributed by atoms with Crippen LogP contribution in [0.15, 0.2) is 30.3 Å². The molecule has 2 heterocycles. The van der Waals surface area contributed by atoms with E-state index >= 15 is 0 Å². The van der Waals surface area contributed by atoms with Crippen molar-refractivity contribution in [2.24, 2.45) is 0 Å². The molecule has 0 radical (unpaired) electrons. The summed E-state index contributed by atoms with van der Waals surface area (Å²) in [4.78, 5) is 24.1. The minimum Gasteiger partial charge on any atom is -0.508 e. The Hall–Kier alpha value is -3.38. The zero-order chi connectivity index (χ0) is 24.7. The quantitative estimate of drug-likeness (QED) is 0.340. The van der Waals surface area contributed by atoms with E-state index in [2.05, 4.69) is 0 Å². The summed E-state index contributed by atoms with van der Waals surface area (Å²) in [5.41, 5.74) is 0.0607. The fourth-order valence-electron chi connectivity index (χ4n) is 4.17. The van der Waals surface area contributed by atoms with Gasteiger partial charge in [-0.3, -0.25) is 9.59 Å². The molecule has 0 aromatic heterocycles. The first kappa shape index (κ1) is 23.8. The largest absolute Gasteiger partial charge is 0.508 e. The van der Waals surface area contributed by atoms with Crippen molar-refractivity contribution in [2.75, 3.05) is 6.61 Å². The number of aliphatic hydroxyl groups is 3. The number of ether oxygens (including phenoxy) is 3. The number of esters is 1. The summed E-state index contributed by atoms with van der Waals surface area (Å²) >= 11 is 0. The molecule has 2 aliphatic rings. The van der Waals surface area contributed by atoms with Gasteiger partial charge in [-0.05, 0) is 17.7 Å². The van der Waals surface area contributed by atoms with Crippen molar-refractivity contribution in [1.29, 1.82) is 0 Å². The van der Waals surface area contributed by atoms with E-state index in [-0.39, 0.29) is 29.0 Å². The Labute approximate surface area is 193 Å². The van der Waals surface area contributed by atoms with Gasteiger partial charge in [0.1, 0.15) is 71.8 Å². The summed E-state index contributed by atoms with van der Waals surface area (Å²) in [6.07, 6.45) is -8.93. The van der Waals surface area contributed by atoms with Gasteiger partial charge < -0.3 is 44.8 Å². The van der Waals surface area contributed by atoms with Crippen molar-refractivity contribution in [3.63, 3.8) is 0 Å². The standard InChI is InChI=1S/C23H24O11/c1-9(24)32-8-16-19(29)20(30)21(31)23(34-16)18-13(27)6-12(26)17-14(28)7-15(33-22(17)18)10-2-4-11(25)5-3-10/h2-6,15-16,19-21,23,25-27,29-31H,7-8H2,1H3. The molecule has 11 heteroatoms. The maximum atomic E-state index is 12.9. The van der Waals surface area contributed by atoms with E-state index in [4.69, 9.17) is 14.2 Å². The van der Waals surface area contributed by atoms with Gasteiger partial charge in [-0.2, -0.15) is 0 Å². The highest BCUT2D eigenvalue weighted by Gasteiger charge is 2.48. The monoisotopic (exact) mass is 476 g/mol. The SMILES string of the molecule is CC(=O)OCC1OC(c2c(O)cc(O)c3c2OC(c2ccc(O)cc2)CC3=O)C(O)C(O)C1O. The molecule has 0 amide bonds. The minimum absolute atomic E-state index is 0.00681. The molecular weight excluding hydrogens is 452 g/mol. The number of hydrogen-bond acceptors (Lipinski definition) is 11. The Bertz CT molecular complexity index is 1100. The number of Topliss-reactive ketones (excluding diaryl/α,β-unsaturated/α-hetero) is 1. The molecule has 0 aliphatic carbocycles. The molecular formula is C23H24O11. The predicted molar refractivity (Wildman–Crippen MR) is 112 cm³/mol.